The van der Waals surface area contributed by atoms with Crippen molar-refractivity contribution in [3.63, 3.8) is 0 Å². The van der Waals surface area contributed by atoms with Gasteiger partial charge in [-0.05, 0) is 5.92 Å². The van der Waals surface area contributed by atoms with Gasteiger partial charge in [0, 0.05) is 0 Å². The Morgan fingerprint density at radius 3 is 2.91 bits per heavy atom. The van der Waals surface area contributed by atoms with Gasteiger partial charge in [-0.1, -0.05) is 19.1 Å². The summed E-state index contributed by atoms with van der Waals surface area (Å²) in [5.74, 6) is 0.358. The van der Waals surface area contributed by atoms with Gasteiger partial charge in [-0.2, -0.15) is 0 Å². The van der Waals surface area contributed by atoms with E-state index in [0.29, 0.717) is 12.5 Å². The van der Waals surface area contributed by atoms with E-state index in [-0.39, 0.29) is 6.67 Å². The van der Waals surface area contributed by atoms with E-state index in [2.05, 4.69) is 10.3 Å². The van der Waals surface area contributed by atoms with Gasteiger partial charge < -0.3 is 0 Å². The van der Waals surface area contributed by atoms with Crippen molar-refractivity contribution in [3.05, 3.63) is 11.9 Å². The Labute approximate surface area is 65.2 Å². The average molecular weight is 157 g/mol. The van der Waals surface area contributed by atoms with Crippen molar-refractivity contribution in [1.29, 1.82) is 0 Å². The third-order valence-corrected chi connectivity index (χ3v) is 1.54. The first-order valence-electron chi connectivity index (χ1n) is 3.70. The third kappa shape index (κ3) is 1.76. The Balaban J connectivity index is 2.78. The minimum atomic E-state index is -0.386. The minimum absolute atomic E-state index is 0.313. The number of halogens is 1. The first kappa shape index (κ1) is 8.17. The maximum atomic E-state index is 11.9. The van der Waals surface area contributed by atoms with Gasteiger partial charge in [-0.3, -0.25) is 0 Å². The van der Waals surface area contributed by atoms with Crippen LogP contribution in [0.4, 0.5) is 4.39 Å². The molecule has 1 aromatic heterocycles. The lowest BCUT2D eigenvalue weighted by Crippen LogP contribution is -2.07. The Morgan fingerprint density at radius 2 is 2.36 bits per heavy atom. The number of aryl methyl sites for hydroxylation is 1. The molecule has 0 bridgehead atoms. The number of alkyl halides is 1. The highest BCUT2D eigenvalue weighted by molar-refractivity contribution is 4.99. The fraction of sp³-hybridized carbons (Fsp3) is 0.714. The maximum Gasteiger partial charge on any atom is 0.109 e. The third-order valence-electron chi connectivity index (χ3n) is 1.54. The van der Waals surface area contributed by atoms with E-state index < -0.39 is 0 Å². The van der Waals surface area contributed by atoms with Gasteiger partial charge in [-0.15, -0.1) is 5.10 Å². The van der Waals surface area contributed by atoms with Crippen LogP contribution in [0, 0.1) is 0 Å². The van der Waals surface area contributed by atoms with Crippen LogP contribution in [0.25, 0.3) is 0 Å². The van der Waals surface area contributed by atoms with Crippen LogP contribution in [-0.2, 0) is 6.54 Å². The fourth-order valence-electron chi connectivity index (χ4n) is 0.967. The van der Waals surface area contributed by atoms with Crippen LogP contribution in [0.3, 0.4) is 0 Å². The molecular formula is C7H12FN3. The molecule has 0 aliphatic heterocycles. The highest BCUT2D eigenvalue weighted by Gasteiger charge is 2.06. The average Bonchev–Trinajstić information content (AvgIpc) is 2.36. The molecule has 0 atom stereocenters. The molecule has 0 saturated carbocycles. The highest BCUT2D eigenvalue weighted by atomic mass is 19.1. The summed E-state index contributed by atoms with van der Waals surface area (Å²) < 4.78 is 13.5. The molecule has 0 aromatic carbocycles. The summed E-state index contributed by atoms with van der Waals surface area (Å²) >= 11 is 0. The van der Waals surface area contributed by atoms with Gasteiger partial charge in [0.05, 0.1) is 18.4 Å². The van der Waals surface area contributed by atoms with E-state index in [4.69, 9.17) is 0 Å². The zero-order valence-corrected chi connectivity index (χ0v) is 6.79. The normalized spacial score (nSPS) is 10.9. The molecule has 0 fully saturated rings. The molecule has 11 heavy (non-hydrogen) atoms. The lowest BCUT2D eigenvalue weighted by molar-refractivity contribution is 0.412. The summed E-state index contributed by atoms with van der Waals surface area (Å²) in [6.45, 7) is 4.00. The Morgan fingerprint density at radius 1 is 1.64 bits per heavy atom. The summed E-state index contributed by atoms with van der Waals surface area (Å²) in [6.07, 6.45) is 1.68. The minimum Gasteiger partial charge on any atom is -0.249 e. The van der Waals surface area contributed by atoms with Gasteiger partial charge >= 0.3 is 0 Å². The summed E-state index contributed by atoms with van der Waals surface area (Å²) in [7, 11) is 0. The largest absolute Gasteiger partial charge is 0.249 e. The Kier molecular flexibility index (Phi) is 2.57. The topological polar surface area (TPSA) is 30.7 Å². The summed E-state index contributed by atoms with van der Waals surface area (Å²) in [4.78, 5) is 0. The van der Waals surface area contributed by atoms with Gasteiger partial charge in [0.15, 0.2) is 0 Å². The van der Waals surface area contributed by atoms with E-state index in [1.54, 1.807) is 10.9 Å². The van der Waals surface area contributed by atoms with Crippen LogP contribution in [0.2, 0.25) is 0 Å². The van der Waals surface area contributed by atoms with Crippen LogP contribution in [0.1, 0.15) is 25.5 Å². The molecule has 0 spiro atoms. The highest BCUT2D eigenvalue weighted by Crippen LogP contribution is 2.11. The molecule has 0 saturated heterocycles. The maximum absolute atomic E-state index is 11.9. The second kappa shape index (κ2) is 3.46. The Hall–Kier alpha value is -0.930. The molecule has 0 unspecified atom stereocenters. The van der Waals surface area contributed by atoms with Gasteiger partial charge in [-0.25, -0.2) is 9.07 Å². The molecular weight excluding hydrogens is 145 g/mol. The monoisotopic (exact) mass is 157 g/mol. The molecule has 62 valence electrons. The van der Waals surface area contributed by atoms with Crippen LogP contribution < -0.4 is 0 Å². The van der Waals surface area contributed by atoms with Crippen molar-refractivity contribution in [2.75, 3.05) is 6.67 Å². The predicted molar refractivity (Wildman–Crippen MR) is 40.1 cm³/mol. The SMILES string of the molecule is CC(C)c1cnnn1CCF. The molecule has 0 aliphatic carbocycles. The van der Waals surface area contributed by atoms with Crippen molar-refractivity contribution in [1.82, 2.24) is 15.0 Å². The lowest BCUT2D eigenvalue weighted by atomic mass is 10.1. The number of rotatable bonds is 3. The summed E-state index contributed by atoms with van der Waals surface area (Å²) in [5.41, 5.74) is 0.989. The van der Waals surface area contributed by atoms with E-state index in [9.17, 15) is 4.39 Å². The van der Waals surface area contributed by atoms with Crippen LogP contribution >= 0.6 is 0 Å². The number of hydrogen-bond donors (Lipinski definition) is 0. The molecule has 1 rings (SSSR count). The van der Waals surface area contributed by atoms with Crippen molar-refractivity contribution < 1.29 is 4.39 Å². The summed E-state index contributed by atoms with van der Waals surface area (Å²) in [6, 6.07) is 0. The van der Waals surface area contributed by atoms with Crippen molar-refractivity contribution in [2.24, 2.45) is 0 Å². The fourth-order valence-corrected chi connectivity index (χ4v) is 0.967. The first-order valence-corrected chi connectivity index (χ1v) is 3.70. The van der Waals surface area contributed by atoms with Crippen LogP contribution in [0.5, 0.6) is 0 Å². The molecule has 0 N–H and O–H groups in total. The van der Waals surface area contributed by atoms with Crippen molar-refractivity contribution in [2.45, 2.75) is 26.3 Å². The predicted octanol–water partition coefficient (Wildman–Crippen LogP) is 1.37. The van der Waals surface area contributed by atoms with E-state index in [1.165, 1.54) is 0 Å². The van der Waals surface area contributed by atoms with E-state index >= 15 is 0 Å². The number of nitrogens with zero attached hydrogens (tertiary/aromatic N) is 3. The quantitative estimate of drug-likeness (QED) is 0.663. The Bertz CT molecular complexity index is 219. The smallest absolute Gasteiger partial charge is 0.109 e. The van der Waals surface area contributed by atoms with E-state index in [0.717, 1.165) is 5.69 Å². The van der Waals surface area contributed by atoms with Gasteiger partial charge in [0.1, 0.15) is 6.67 Å². The van der Waals surface area contributed by atoms with Gasteiger partial charge in [0.2, 0.25) is 0 Å². The first-order chi connectivity index (χ1) is 5.25. The van der Waals surface area contributed by atoms with Crippen LogP contribution in [-0.4, -0.2) is 21.7 Å². The van der Waals surface area contributed by atoms with Gasteiger partial charge in [0.25, 0.3) is 0 Å². The second-order valence-corrected chi connectivity index (χ2v) is 2.73. The molecule has 1 aromatic rings. The number of aromatic nitrogens is 3. The summed E-state index contributed by atoms with van der Waals surface area (Å²) in [5, 5.41) is 7.46. The molecule has 0 radical (unpaired) electrons. The zero-order chi connectivity index (χ0) is 8.27. The standard InChI is InChI=1S/C7H12FN3/c1-6(2)7-5-9-10-11(7)4-3-8/h5-6H,3-4H2,1-2H3. The van der Waals surface area contributed by atoms with Crippen molar-refractivity contribution >= 4 is 0 Å². The molecule has 0 aliphatic rings. The molecule has 0 amide bonds. The van der Waals surface area contributed by atoms with Crippen molar-refractivity contribution in [3.8, 4) is 0 Å². The zero-order valence-electron chi connectivity index (χ0n) is 6.79. The van der Waals surface area contributed by atoms with E-state index in [1.807, 2.05) is 13.8 Å². The van der Waals surface area contributed by atoms with Crippen LogP contribution in [0.15, 0.2) is 6.20 Å². The molecule has 4 heteroatoms. The number of hydrogen-bond acceptors (Lipinski definition) is 2. The molecule has 1 heterocycles. The lowest BCUT2D eigenvalue weighted by Gasteiger charge is -2.05. The molecule has 3 nitrogen and oxygen atoms in total. The second-order valence-electron chi connectivity index (χ2n) is 2.73.